The maximum atomic E-state index is 14.0. The van der Waals surface area contributed by atoms with Gasteiger partial charge in [0.25, 0.3) is 5.91 Å². The molecule has 2 heterocycles. The molecule has 4 N–H and O–H groups in total. The number of nitrogens with two attached hydrogens (primary N) is 1. The van der Waals surface area contributed by atoms with Crippen LogP contribution in [0.1, 0.15) is 41.4 Å². The Kier molecular flexibility index (Phi) is 6.87. The lowest BCUT2D eigenvalue weighted by Gasteiger charge is -2.28. The Bertz CT molecular complexity index is 1440. The van der Waals surface area contributed by atoms with Crippen LogP contribution in [0.25, 0.3) is 11.3 Å². The van der Waals surface area contributed by atoms with E-state index in [0.29, 0.717) is 11.5 Å². The minimum absolute atomic E-state index is 0.0494. The number of halogens is 4. The van der Waals surface area contributed by atoms with Gasteiger partial charge in [-0.3, -0.25) is 4.79 Å². The number of nitrogens with one attached hydrogen (secondary N) is 1. The molecule has 2 aliphatic rings. The van der Waals surface area contributed by atoms with Crippen molar-refractivity contribution in [2.24, 2.45) is 5.73 Å². The number of ether oxygens (including phenoxy) is 3. The van der Waals surface area contributed by atoms with Gasteiger partial charge in [0.05, 0.1) is 25.5 Å². The van der Waals surface area contributed by atoms with Gasteiger partial charge in [0.1, 0.15) is 23.7 Å². The number of methoxy groups -OCH3 is 1. The molecule has 212 valence electrons. The first-order valence-corrected chi connectivity index (χ1v) is 12.5. The molecule has 0 radical (unpaired) electrons. The van der Waals surface area contributed by atoms with Crippen LogP contribution in [0.5, 0.6) is 17.2 Å². The van der Waals surface area contributed by atoms with Gasteiger partial charge in [-0.25, -0.2) is 9.37 Å². The van der Waals surface area contributed by atoms with Crippen molar-refractivity contribution in [1.82, 2.24) is 10.3 Å². The number of nitrogens with zero attached hydrogens (tertiary/aromatic N) is 1. The summed E-state index contributed by atoms with van der Waals surface area (Å²) < 4.78 is 72.1. The molecule has 3 aromatic rings. The lowest BCUT2D eigenvalue weighted by atomic mass is 9.88. The molecule has 8 nitrogen and oxygen atoms in total. The highest BCUT2D eigenvalue weighted by molar-refractivity contribution is 5.95. The fourth-order valence-corrected chi connectivity index (χ4v) is 4.31. The summed E-state index contributed by atoms with van der Waals surface area (Å²) in [7, 11) is 1.45. The highest BCUT2D eigenvalue weighted by Crippen LogP contribution is 2.49. The highest BCUT2D eigenvalue weighted by atomic mass is 19.4. The van der Waals surface area contributed by atoms with Crippen LogP contribution in [-0.4, -0.2) is 48.5 Å². The van der Waals surface area contributed by atoms with Crippen LogP contribution in [0, 0.1) is 5.82 Å². The summed E-state index contributed by atoms with van der Waals surface area (Å²) in [5, 5.41) is 13.9. The van der Waals surface area contributed by atoms with Gasteiger partial charge in [0.15, 0.2) is 22.8 Å². The molecular formula is C28H27F4N3O5. The number of hydrogen-bond donors (Lipinski definition) is 3. The van der Waals surface area contributed by atoms with E-state index in [1.165, 1.54) is 38.3 Å². The van der Waals surface area contributed by atoms with Crippen LogP contribution in [-0.2, 0) is 11.1 Å². The van der Waals surface area contributed by atoms with Crippen LogP contribution in [0.15, 0.2) is 48.5 Å². The van der Waals surface area contributed by atoms with Crippen LogP contribution in [0.3, 0.4) is 0 Å². The third-order valence-corrected chi connectivity index (χ3v) is 6.91. The molecule has 0 bridgehead atoms. The molecule has 2 atom stereocenters. The first kappa shape index (κ1) is 27.7. The molecule has 0 saturated heterocycles. The summed E-state index contributed by atoms with van der Waals surface area (Å²) in [6.45, 7) is -0.00883. The molecule has 1 aromatic heterocycles. The van der Waals surface area contributed by atoms with Gasteiger partial charge < -0.3 is 30.4 Å². The minimum Gasteiger partial charge on any atom is -0.493 e. The van der Waals surface area contributed by atoms with E-state index in [2.05, 4.69) is 10.3 Å². The van der Waals surface area contributed by atoms with Gasteiger partial charge in [0, 0.05) is 16.7 Å². The Morgan fingerprint density at radius 1 is 1.18 bits per heavy atom. The van der Waals surface area contributed by atoms with Crippen LogP contribution < -0.4 is 25.3 Å². The third kappa shape index (κ3) is 5.16. The number of pyridine rings is 1. The van der Waals surface area contributed by atoms with Gasteiger partial charge in [0.2, 0.25) is 0 Å². The van der Waals surface area contributed by atoms with Crippen molar-refractivity contribution in [3.8, 4) is 28.5 Å². The van der Waals surface area contributed by atoms with E-state index < -0.39 is 47.8 Å². The zero-order valence-corrected chi connectivity index (χ0v) is 21.6. The van der Waals surface area contributed by atoms with Gasteiger partial charge in [-0.15, -0.1) is 0 Å². The summed E-state index contributed by atoms with van der Waals surface area (Å²) in [6.07, 6.45) is -2.87. The van der Waals surface area contributed by atoms with Crippen molar-refractivity contribution in [1.29, 1.82) is 0 Å². The molecule has 5 rings (SSSR count). The van der Waals surface area contributed by atoms with E-state index in [1.54, 1.807) is 6.07 Å². The number of carbonyl (C=O) groups is 1. The number of amides is 1. The third-order valence-electron chi connectivity index (χ3n) is 6.91. The fraction of sp³-hybridized carbons (Fsp3) is 0.357. The quantitative estimate of drug-likeness (QED) is 0.354. The molecule has 0 spiro atoms. The summed E-state index contributed by atoms with van der Waals surface area (Å²) in [4.78, 5) is 17.3. The largest absolute Gasteiger partial charge is 0.493 e. The van der Waals surface area contributed by atoms with E-state index in [0.717, 1.165) is 31.0 Å². The summed E-state index contributed by atoms with van der Waals surface area (Å²) in [5.74, 6) is -0.471. The zero-order chi connectivity index (χ0) is 28.9. The van der Waals surface area contributed by atoms with E-state index >= 15 is 0 Å². The van der Waals surface area contributed by atoms with E-state index in [4.69, 9.17) is 19.9 Å². The lowest BCUT2D eigenvalue weighted by Crippen LogP contribution is -2.52. The Morgan fingerprint density at radius 2 is 1.88 bits per heavy atom. The van der Waals surface area contributed by atoms with Crippen molar-refractivity contribution in [2.45, 2.75) is 43.2 Å². The van der Waals surface area contributed by atoms with Crippen molar-refractivity contribution in [3.63, 3.8) is 0 Å². The monoisotopic (exact) mass is 561 g/mol. The van der Waals surface area contributed by atoms with Gasteiger partial charge in [-0.05, 0) is 68.3 Å². The van der Waals surface area contributed by atoms with Gasteiger partial charge in [-0.1, -0.05) is 0 Å². The topological polar surface area (TPSA) is 116 Å². The molecular weight excluding hydrogens is 534 g/mol. The summed E-state index contributed by atoms with van der Waals surface area (Å²) >= 11 is 0. The molecule has 1 aliphatic heterocycles. The van der Waals surface area contributed by atoms with Crippen molar-refractivity contribution < 1.29 is 41.7 Å². The zero-order valence-electron chi connectivity index (χ0n) is 21.6. The van der Waals surface area contributed by atoms with E-state index in [1.807, 2.05) is 0 Å². The lowest BCUT2D eigenvalue weighted by molar-refractivity contribution is -0.191. The van der Waals surface area contributed by atoms with Crippen molar-refractivity contribution in [2.75, 3.05) is 20.3 Å². The Morgan fingerprint density at radius 3 is 2.50 bits per heavy atom. The molecule has 1 aliphatic carbocycles. The van der Waals surface area contributed by atoms with Gasteiger partial charge >= 0.3 is 6.18 Å². The molecule has 0 unspecified atom stereocenters. The number of aliphatic hydroxyl groups is 1. The average Bonchev–Trinajstić information content (AvgIpc) is 3.67. The number of alkyl halides is 3. The number of fused-ring (bicyclic) bond motifs is 1. The predicted molar refractivity (Wildman–Crippen MR) is 136 cm³/mol. The molecule has 1 amide bonds. The first-order chi connectivity index (χ1) is 18.8. The van der Waals surface area contributed by atoms with Crippen LogP contribution in [0.2, 0.25) is 0 Å². The second-order valence-electron chi connectivity index (χ2n) is 10.1. The number of carbonyl (C=O) groups excluding carboxylic acids is 1. The summed E-state index contributed by atoms with van der Waals surface area (Å²) in [6, 6.07) is 10.6. The second-order valence-corrected chi connectivity index (χ2v) is 10.1. The summed E-state index contributed by atoms with van der Waals surface area (Å²) in [5.41, 5.74) is 0.796. The molecule has 1 saturated carbocycles. The average molecular weight is 562 g/mol. The number of benzene rings is 2. The maximum Gasteiger partial charge on any atom is 0.414 e. The highest BCUT2D eigenvalue weighted by Gasteiger charge is 2.59. The van der Waals surface area contributed by atoms with E-state index in [9.17, 15) is 27.5 Å². The van der Waals surface area contributed by atoms with Crippen LogP contribution in [0.4, 0.5) is 17.6 Å². The Labute approximate surface area is 227 Å². The second kappa shape index (κ2) is 9.93. The molecule has 2 aromatic carbocycles. The number of hydrogen-bond acceptors (Lipinski definition) is 7. The first-order valence-electron chi connectivity index (χ1n) is 12.5. The smallest absolute Gasteiger partial charge is 0.414 e. The Balaban J connectivity index is 1.45. The predicted octanol–water partition coefficient (Wildman–Crippen LogP) is 4.18. The van der Waals surface area contributed by atoms with E-state index in [-0.39, 0.29) is 34.4 Å². The normalized spacial score (nSPS) is 19.8. The molecule has 40 heavy (non-hydrogen) atoms. The van der Waals surface area contributed by atoms with Crippen LogP contribution >= 0.6 is 0 Å². The fourth-order valence-electron chi connectivity index (χ4n) is 4.31. The number of aromatic nitrogens is 1. The van der Waals surface area contributed by atoms with Crippen molar-refractivity contribution in [3.05, 3.63) is 71.2 Å². The number of rotatable bonds is 8. The standard InChI is InChI=1S/C28H27F4N3O5/c1-26(37,13-34-25(36)16-5-10-20(21(11-16)38-2)40-18-8-9-18)22-12-19-24(39-14-27(19,33)28(30,31)32)23(35-22)15-3-6-17(29)7-4-15/h3-7,10-12,18,37H,8-9,13-14,33H2,1-2H3,(H,34,36)/t26-,27-/m0/s1. The SMILES string of the molecule is COc1cc(C(=O)NC[C@](C)(O)c2cc3c(c(-c4ccc(F)cc4)n2)OC[C@@]3(N)C(F)(F)F)ccc1OC1CC1. The van der Waals surface area contributed by atoms with Gasteiger partial charge in [-0.2, -0.15) is 13.2 Å². The maximum absolute atomic E-state index is 14.0. The van der Waals surface area contributed by atoms with Crippen molar-refractivity contribution >= 4 is 5.91 Å². The Hall–Kier alpha value is -3.90. The molecule has 12 heteroatoms. The molecule has 1 fully saturated rings. The minimum atomic E-state index is -4.88.